The molecule has 3 aromatic rings. The van der Waals surface area contributed by atoms with E-state index in [0.717, 1.165) is 64.7 Å². The van der Waals surface area contributed by atoms with Crippen LogP contribution in [0.3, 0.4) is 0 Å². The zero-order chi connectivity index (χ0) is 26.7. The van der Waals surface area contributed by atoms with E-state index in [1.807, 2.05) is 49.5 Å². The Hall–Kier alpha value is -3.13. The fraction of sp³-hybridized carbons (Fsp3) is 0.323. The van der Waals surface area contributed by atoms with Crippen molar-refractivity contribution in [3.63, 3.8) is 0 Å². The van der Waals surface area contributed by atoms with E-state index < -0.39 is 11.4 Å². The van der Waals surface area contributed by atoms with Crippen molar-refractivity contribution >= 4 is 17.4 Å². The fourth-order valence-corrected chi connectivity index (χ4v) is 4.84. The average Bonchev–Trinajstić information content (AvgIpc) is 3.29. The molecule has 1 aromatic carbocycles. The van der Waals surface area contributed by atoms with Crippen molar-refractivity contribution < 1.29 is 50.0 Å². The first-order valence-electron chi connectivity index (χ1n) is 13.0. The average molecular weight is 536 g/mol. The molecule has 1 aliphatic carbocycles. The molecule has 1 aliphatic heterocycles. The molecule has 0 atom stereocenters. The van der Waals surface area contributed by atoms with E-state index in [-0.39, 0.29) is 31.0 Å². The molecule has 0 saturated heterocycles. The van der Waals surface area contributed by atoms with E-state index >= 15 is 0 Å². The number of fused-ring (bicyclic) bond motifs is 1. The van der Waals surface area contributed by atoms with Crippen molar-refractivity contribution in [2.24, 2.45) is 5.41 Å². The standard InChI is InChI=1S/C31H33N3O4.Na.H/c1-21-26(33-29(38-21)23-13-14-28(32-20-23)34-16-5-4-6-17-34)15-18-37-27-12-8-10-24-22(9-7-11-25(24)27)19-31(2,3)30(35)36;;/h4-6,8-10,12-14,16,20H,7,11,15,17-19H2,1-3H3,(H,35,36);;/q;+1;-1. The van der Waals surface area contributed by atoms with Gasteiger partial charge in [-0.25, -0.2) is 9.97 Å². The number of allylic oxidation sites excluding steroid dienone is 4. The van der Waals surface area contributed by atoms with Gasteiger partial charge in [0, 0.05) is 30.9 Å². The topological polar surface area (TPSA) is 88.7 Å². The molecular formula is C31H34N3NaO4. The molecule has 2 aromatic heterocycles. The Balaban J connectivity index is 0.00000220. The van der Waals surface area contributed by atoms with Crippen LogP contribution in [-0.4, -0.2) is 34.2 Å². The van der Waals surface area contributed by atoms with E-state index in [4.69, 9.17) is 14.1 Å². The Labute approximate surface area is 253 Å². The number of aryl methyl sites for hydroxylation is 1. The zero-order valence-electron chi connectivity index (χ0n) is 24.1. The van der Waals surface area contributed by atoms with Crippen LogP contribution >= 0.6 is 0 Å². The summed E-state index contributed by atoms with van der Waals surface area (Å²) in [7, 11) is 0. The molecule has 0 fully saturated rings. The van der Waals surface area contributed by atoms with Gasteiger partial charge in [0.2, 0.25) is 5.89 Å². The molecule has 0 unspecified atom stereocenters. The summed E-state index contributed by atoms with van der Waals surface area (Å²) >= 11 is 0. The Morgan fingerprint density at radius 3 is 2.79 bits per heavy atom. The Kier molecular flexibility index (Phi) is 9.15. The number of aromatic nitrogens is 2. The van der Waals surface area contributed by atoms with Gasteiger partial charge in [0.1, 0.15) is 17.3 Å². The normalized spacial score (nSPS) is 14.4. The van der Waals surface area contributed by atoms with Gasteiger partial charge in [-0.15, -0.1) is 0 Å². The minimum absolute atomic E-state index is 0. The number of benzene rings is 1. The van der Waals surface area contributed by atoms with Gasteiger partial charge in [-0.1, -0.05) is 30.4 Å². The number of nitrogens with zero attached hydrogens (tertiary/aromatic N) is 3. The van der Waals surface area contributed by atoms with Crippen molar-refractivity contribution in [2.75, 3.05) is 18.1 Å². The monoisotopic (exact) mass is 535 g/mol. The molecule has 3 heterocycles. The third-order valence-electron chi connectivity index (χ3n) is 7.07. The summed E-state index contributed by atoms with van der Waals surface area (Å²) < 4.78 is 12.2. The number of carbonyl (C=O) groups is 1. The third-order valence-corrected chi connectivity index (χ3v) is 7.07. The molecule has 39 heavy (non-hydrogen) atoms. The van der Waals surface area contributed by atoms with Crippen molar-refractivity contribution in [1.29, 1.82) is 0 Å². The van der Waals surface area contributed by atoms with Crippen molar-refractivity contribution in [3.8, 4) is 17.2 Å². The number of carboxylic acid groups (broad SMARTS) is 1. The molecule has 7 nitrogen and oxygen atoms in total. The Bertz CT molecular complexity index is 1430. The Morgan fingerprint density at radius 1 is 1.23 bits per heavy atom. The molecule has 5 rings (SSSR count). The first-order valence-corrected chi connectivity index (χ1v) is 13.0. The molecule has 1 N–H and O–H groups in total. The van der Waals surface area contributed by atoms with Crippen LogP contribution in [-0.2, 0) is 17.6 Å². The van der Waals surface area contributed by atoms with E-state index in [1.54, 1.807) is 20.0 Å². The van der Waals surface area contributed by atoms with Gasteiger partial charge in [0.25, 0.3) is 0 Å². The van der Waals surface area contributed by atoms with Crippen LogP contribution < -0.4 is 39.2 Å². The molecule has 0 bridgehead atoms. The third kappa shape index (κ3) is 6.55. The number of ether oxygens (including phenoxy) is 1. The summed E-state index contributed by atoms with van der Waals surface area (Å²) in [5.74, 6) is 2.26. The summed E-state index contributed by atoms with van der Waals surface area (Å²) in [6.45, 7) is 6.73. The number of carboxylic acids is 1. The van der Waals surface area contributed by atoms with Gasteiger partial charge in [0.15, 0.2) is 0 Å². The van der Waals surface area contributed by atoms with Gasteiger partial charge in [-0.2, -0.15) is 0 Å². The van der Waals surface area contributed by atoms with Crippen LogP contribution in [0.4, 0.5) is 5.82 Å². The van der Waals surface area contributed by atoms with Gasteiger partial charge >= 0.3 is 35.5 Å². The minimum atomic E-state index is -0.822. The summed E-state index contributed by atoms with van der Waals surface area (Å²) in [5, 5.41) is 9.59. The Morgan fingerprint density at radius 2 is 2.08 bits per heavy atom. The van der Waals surface area contributed by atoms with Crippen molar-refractivity contribution in [3.05, 3.63) is 89.6 Å². The number of aliphatic carboxylic acids is 1. The summed E-state index contributed by atoms with van der Waals surface area (Å²) in [5.41, 5.74) is 4.19. The molecule has 0 saturated carbocycles. The first kappa shape index (κ1) is 28.9. The molecule has 0 spiro atoms. The SMILES string of the molecule is Cc1oc(-c2ccc(N3C=CC=CC3)nc2)nc1CCOc1cccc2c1CCC=C2CC(C)(C)C(=O)O.[H-].[Na+]. The number of hydrogen-bond acceptors (Lipinski definition) is 6. The largest absolute Gasteiger partial charge is 1.00 e. The number of hydrogen-bond donors (Lipinski definition) is 1. The van der Waals surface area contributed by atoms with Gasteiger partial charge in [-0.05, 0) is 75.4 Å². The molecule has 8 heteroatoms. The van der Waals surface area contributed by atoms with Crippen molar-refractivity contribution in [2.45, 2.75) is 46.5 Å². The number of oxazole rings is 1. The van der Waals surface area contributed by atoms with Gasteiger partial charge in [0.05, 0.1) is 23.3 Å². The zero-order valence-corrected chi connectivity index (χ0v) is 25.1. The maximum Gasteiger partial charge on any atom is 1.00 e. The first-order chi connectivity index (χ1) is 18.3. The number of pyridine rings is 1. The molecule has 2 aliphatic rings. The second kappa shape index (κ2) is 12.4. The van der Waals surface area contributed by atoms with Crippen LogP contribution in [0.1, 0.15) is 50.7 Å². The molecule has 0 amide bonds. The number of anilines is 1. The predicted molar refractivity (Wildman–Crippen MR) is 149 cm³/mol. The molecular weight excluding hydrogens is 501 g/mol. The summed E-state index contributed by atoms with van der Waals surface area (Å²) in [6.07, 6.45) is 14.9. The van der Waals surface area contributed by atoms with E-state index in [2.05, 4.69) is 28.1 Å². The van der Waals surface area contributed by atoms with Gasteiger partial charge in [-0.3, -0.25) is 4.79 Å². The fourth-order valence-electron chi connectivity index (χ4n) is 4.84. The maximum atomic E-state index is 11.7. The quantitative estimate of drug-likeness (QED) is 0.420. The minimum Gasteiger partial charge on any atom is -1.00 e. The summed E-state index contributed by atoms with van der Waals surface area (Å²) in [6, 6.07) is 9.99. The van der Waals surface area contributed by atoms with E-state index in [9.17, 15) is 9.90 Å². The predicted octanol–water partition coefficient (Wildman–Crippen LogP) is 3.50. The number of rotatable bonds is 9. The van der Waals surface area contributed by atoms with Crippen LogP contribution in [0, 0.1) is 12.3 Å². The second-order valence-electron chi connectivity index (χ2n) is 10.4. The van der Waals surface area contributed by atoms with Crippen LogP contribution in [0.2, 0.25) is 0 Å². The van der Waals surface area contributed by atoms with Crippen LogP contribution in [0.5, 0.6) is 5.75 Å². The smallest absolute Gasteiger partial charge is 1.00 e. The van der Waals surface area contributed by atoms with Gasteiger partial charge < -0.3 is 20.6 Å². The maximum absolute atomic E-state index is 11.7. The van der Waals surface area contributed by atoms with Crippen LogP contribution in [0.15, 0.2) is 71.4 Å². The van der Waals surface area contributed by atoms with Crippen LogP contribution in [0.25, 0.3) is 17.0 Å². The summed E-state index contributed by atoms with van der Waals surface area (Å²) in [4.78, 5) is 23.0. The molecule has 198 valence electrons. The molecule has 0 radical (unpaired) electrons. The van der Waals surface area contributed by atoms with E-state index in [0.29, 0.717) is 25.3 Å². The second-order valence-corrected chi connectivity index (χ2v) is 10.4. The van der Waals surface area contributed by atoms with E-state index in [1.165, 1.54) is 0 Å². The van der Waals surface area contributed by atoms with Crippen molar-refractivity contribution in [1.82, 2.24) is 9.97 Å².